The van der Waals surface area contributed by atoms with Crippen LogP contribution >= 0.6 is 23.4 Å². The fraction of sp³-hybridized carbons (Fsp3) is 0.158. The number of thioether (sulfide) groups is 1. The van der Waals surface area contributed by atoms with Crippen LogP contribution in [0.4, 0.5) is 0 Å². The number of ether oxygens (including phenoxy) is 1. The fourth-order valence-electron chi connectivity index (χ4n) is 2.12. The average molecular weight is 357 g/mol. The lowest BCUT2D eigenvalue weighted by Gasteiger charge is -2.08. The highest BCUT2D eigenvalue weighted by molar-refractivity contribution is 7.98. The molecule has 0 radical (unpaired) electrons. The Morgan fingerprint density at radius 1 is 1.00 bits per heavy atom. The minimum atomic E-state index is 0.549. The summed E-state index contributed by atoms with van der Waals surface area (Å²) in [6, 6.07) is 17.5. The number of nitrogens with zero attached hydrogens (tertiary/aromatic N) is 2. The molecule has 0 aliphatic carbocycles. The molecule has 0 aliphatic heterocycles. The van der Waals surface area contributed by atoms with Crippen LogP contribution in [-0.2, 0) is 5.75 Å². The van der Waals surface area contributed by atoms with E-state index < -0.39 is 0 Å². The molecule has 0 aliphatic rings. The average Bonchev–Trinajstić information content (AvgIpc) is 2.56. The number of aryl methyl sites for hydroxylation is 2. The highest BCUT2D eigenvalue weighted by Gasteiger charge is 2.07. The number of aromatic nitrogens is 2. The first-order chi connectivity index (χ1) is 11.6. The molecule has 24 heavy (non-hydrogen) atoms. The lowest BCUT2D eigenvalue weighted by molar-refractivity contribution is 0.454. The predicted octanol–water partition coefficient (Wildman–Crippen LogP) is 5.83. The quantitative estimate of drug-likeness (QED) is 0.425. The molecule has 122 valence electrons. The zero-order valence-electron chi connectivity index (χ0n) is 13.5. The Morgan fingerprint density at radius 3 is 2.50 bits per heavy atom. The smallest absolute Gasteiger partial charge is 0.223 e. The maximum absolute atomic E-state index is 6.19. The molecule has 0 saturated heterocycles. The standard InChI is InChI=1S/C19H17ClN2OS/c1-13-7-9-16(10-8-13)23-18-11-14(2)21-19(22-18)24-12-15-5-3-4-6-17(15)20/h3-11H,12H2,1-2H3. The van der Waals surface area contributed by atoms with Gasteiger partial charge < -0.3 is 4.74 Å². The molecule has 3 aromatic rings. The first-order valence-corrected chi connectivity index (χ1v) is 8.93. The Bertz CT molecular complexity index is 837. The second-order valence-electron chi connectivity index (χ2n) is 5.43. The molecule has 0 amide bonds. The highest BCUT2D eigenvalue weighted by atomic mass is 35.5. The van der Waals surface area contributed by atoms with E-state index in [0.717, 1.165) is 22.0 Å². The summed E-state index contributed by atoms with van der Waals surface area (Å²) in [6.07, 6.45) is 0. The molecule has 0 unspecified atom stereocenters. The molecule has 0 atom stereocenters. The fourth-order valence-corrected chi connectivity index (χ4v) is 3.30. The maximum atomic E-state index is 6.19. The number of hydrogen-bond acceptors (Lipinski definition) is 4. The summed E-state index contributed by atoms with van der Waals surface area (Å²) in [6.45, 7) is 3.98. The summed E-state index contributed by atoms with van der Waals surface area (Å²) in [5.74, 6) is 2.03. The summed E-state index contributed by atoms with van der Waals surface area (Å²) in [5, 5.41) is 1.44. The largest absolute Gasteiger partial charge is 0.439 e. The summed E-state index contributed by atoms with van der Waals surface area (Å²) >= 11 is 7.74. The molecule has 1 aromatic heterocycles. The van der Waals surface area contributed by atoms with Crippen LogP contribution in [0.25, 0.3) is 0 Å². The first-order valence-electron chi connectivity index (χ1n) is 7.56. The molecule has 0 N–H and O–H groups in total. The highest BCUT2D eigenvalue weighted by Crippen LogP contribution is 2.27. The second-order valence-corrected chi connectivity index (χ2v) is 6.78. The molecule has 0 fully saturated rings. The van der Waals surface area contributed by atoms with Gasteiger partial charge in [0, 0.05) is 22.5 Å². The van der Waals surface area contributed by atoms with Gasteiger partial charge in [-0.3, -0.25) is 0 Å². The van der Waals surface area contributed by atoms with Crippen LogP contribution < -0.4 is 4.74 Å². The summed E-state index contributed by atoms with van der Waals surface area (Å²) in [4.78, 5) is 8.95. The molecule has 3 rings (SSSR count). The third kappa shape index (κ3) is 4.49. The van der Waals surface area contributed by atoms with Crippen molar-refractivity contribution in [1.29, 1.82) is 0 Å². The zero-order chi connectivity index (χ0) is 16.9. The van der Waals surface area contributed by atoms with Gasteiger partial charge in [-0.2, -0.15) is 4.98 Å². The Kier molecular flexibility index (Phi) is 5.38. The van der Waals surface area contributed by atoms with E-state index in [1.54, 1.807) is 11.8 Å². The van der Waals surface area contributed by atoms with Crippen LogP contribution in [0.15, 0.2) is 59.8 Å². The molecule has 0 saturated carbocycles. The van der Waals surface area contributed by atoms with Crippen LogP contribution in [0, 0.1) is 13.8 Å². The normalized spacial score (nSPS) is 10.6. The van der Waals surface area contributed by atoms with Gasteiger partial charge in [-0.25, -0.2) is 4.98 Å². The summed E-state index contributed by atoms with van der Waals surface area (Å²) in [7, 11) is 0. The van der Waals surface area contributed by atoms with Crippen LogP contribution in [0.3, 0.4) is 0 Å². The molecule has 0 spiro atoms. The Morgan fingerprint density at radius 2 is 1.75 bits per heavy atom. The van der Waals surface area contributed by atoms with E-state index in [1.165, 1.54) is 5.56 Å². The van der Waals surface area contributed by atoms with Crippen molar-refractivity contribution >= 4 is 23.4 Å². The van der Waals surface area contributed by atoms with Crippen molar-refractivity contribution in [2.24, 2.45) is 0 Å². The van der Waals surface area contributed by atoms with Gasteiger partial charge in [-0.15, -0.1) is 0 Å². The van der Waals surface area contributed by atoms with Gasteiger partial charge in [0.1, 0.15) is 5.75 Å². The molecule has 2 aromatic carbocycles. The Hall–Kier alpha value is -2.04. The zero-order valence-corrected chi connectivity index (χ0v) is 15.1. The van der Waals surface area contributed by atoms with Crippen molar-refractivity contribution in [3.63, 3.8) is 0 Å². The van der Waals surface area contributed by atoms with E-state index >= 15 is 0 Å². The van der Waals surface area contributed by atoms with Crippen molar-refractivity contribution in [3.05, 3.63) is 76.4 Å². The van der Waals surface area contributed by atoms with E-state index in [9.17, 15) is 0 Å². The number of hydrogen-bond donors (Lipinski definition) is 0. The Labute approximate surface area is 151 Å². The van der Waals surface area contributed by atoms with E-state index in [0.29, 0.717) is 16.8 Å². The molecular weight excluding hydrogens is 340 g/mol. The van der Waals surface area contributed by atoms with Crippen molar-refractivity contribution in [2.45, 2.75) is 24.8 Å². The van der Waals surface area contributed by atoms with Gasteiger partial charge in [-0.1, -0.05) is 59.3 Å². The summed E-state index contributed by atoms with van der Waals surface area (Å²) in [5.41, 5.74) is 3.13. The second kappa shape index (κ2) is 7.69. The van der Waals surface area contributed by atoms with E-state index in [4.69, 9.17) is 16.3 Å². The SMILES string of the molecule is Cc1ccc(Oc2cc(C)nc(SCc3ccccc3Cl)n2)cc1. The first kappa shape index (κ1) is 16.8. The van der Waals surface area contributed by atoms with Crippen LogP contribution in [0.5, 0.6) is 11.6 Å². The molecule has 5 heteroatoms. The van der Waals surface area contributed by atoms with Gasteiger partial charge in [0.25, 0.3) is 0 Å². The summed E-state index contributed by atoms with van der Waals surface area (Å²) < 4.78 is 5.84. The lowest BCUT2D eigenvalue weighted by Crippen LogP contribution is -1.95. The monoisotopic (exact) mass is 356 g/mol. The maximum Gasteiger partial charge on any atom is 0.223 e. The molecule has 3 nitrogen and oxygen atoms in total. The van der Waals surface area contributed by atoms with Crippen LogP contribution in [-0.4, -0.2) is 9.97 Å². The topological polar surface area (TPSA) is 35.0 Å². The Balaban J connectivity index is 1.74. The van der Waals surface area contributed by atoms with Crippen molar-refractivity contribution < 1.29 is 4.74 Å². The minimum absolute atomic E-state index is 0.549. The number of benzene rings is 2. The third-order valence-corrected chi connectivity index (χ3v) is 4.63. The molecule has 1 heterocycles. The van der Waals surface area contributed by atoms with Crippen molar-refractivity contribution in [2.75, 3.05) is 0 Å². The molecular formula is C19H17ClN2OS. The van der Waals surface area contributed by atoms with Crippen molar-refractivity contribution in [3.8, 4) is 11.6 Å². The minimum Gasteiger partial charge on any atom is -0.439 e. The third-order valence-electron chi connectivity index (χ3n) is 3.37. The molecule has 0 bridgehead atoms. The lowest BCUT2D eigenvalue weighted by atomic mass is 10.2. The van der Waals surface area contributed by atoms with Gasteiger partial charge in [0.05, 0.1) is 0 Å². The van der Waals surface area contributed by atoms with E-state index in [2.05, 4.69) is 9.97 Å². The van der Waals surface area contributed by atoms with Crippen LogP contribution in [0.1, 0.15) is 16.8 Å². The van der Waals surface area contributed by atoms with E-state index in [1.807, 2.05) is 68.4 Å². The van der Waals surface area contributed by atoms with Crippen molar-refractivity contribution in [1.82, 2.24) is 9.97 Å². The number of rotatable bonds is 5. The predicted molar refractivity (Wildman–Crippen MR) is 99.0 cm³/mol. The van der Waals surface area contributed by atoms with Crippen LogP contribution in [0.2, 0.25) is 5.02 Å². The van der Waals surface area contributed by atoms with Gasteiger partial charge >= 0.3 is 0 Å². The van der Waals surface area contributed by atoms with Gasteiger partial charge in [0.2, 0.25) is 5.88 Å². The van der Waals surface area contributed by atoms with Gasteiger partial charge in [0.15, 0.2) is 5.16 Å². The van der Waals surface area contributed by atoms with Gasteiger partial charge in [-0.05, 0) is 37.6 Å². The van der Waals surface area contributed by atoms with E-state index in [-0.39, 0.29) is 0 Å². The number of halogens is 1.